The zero-order valence-corrected chi connectivity index (χ0v) is 12.6. The highest BCUT2D eigenvalue weighted by atomic mass is 32.2. The van der Waals surface area contributed by atoms with Gasteiger partial charge in [-0.25, -0.2) is 0 Å². The van der Waals surface area contributed by atoms with Gasteiger partial charge in [0.2, 0.25) is 5.91 Å². The Labute approximate surface area is 120 Å². The third kappa shape index (κ3) is 1.60. The number of carbonyl (C=O) groups is 1. The Bertz CT molecular complexity index is 615. The number of fused-ring (bicyclic) bond motifs is 3. The van der Waals surface area contributed by atoms with Gasteiger partial charge in [0.05, 0.1) is 25.0 Å². The molecule has 2 heterocycles. The summed E-state index contributed by atoms with van der Waals surface area (Å²) < 4.78 is 23.1. The van der Waals surface area contributed by atoms with Gasteiger partial charge in [-0.15, -0.1) is 0 Å². The second kappa shape index (κ2) is 4.48. The van der Waals surface area contributed by atoms with E-state index in [1.807, 2.05) is 19.1 Å². The van der Waals surface area contributed by atoms with Gasteiger partial charge in [0, 0.05) is 6.54 Å². The van der Waals surface area contributed by atoms with Crippen molar-refractivity contribution in [2.45, 2.75) is 18.2 Å². The fourth-order valence-electron chi connectivity index (χ4n) is 3.09. The minimum atomic E-state index is -1.24. The van der Waals surface area contributed by atoms with Crippen molar-refractivity contribution in [3.8, 4) is 11.5 Å². The molecule has 2 aliphatic heterocycles. The summed E-state index contributed by atoms with van der Waals surface area (Å²) in [6, 6.07) is 3.79. The van der Waals surface area contributed by atoms with E-state index in [2.05, 4.69) is 0 Å². The van der Waals surface area contributed by atoms with E-state index in [4.69, 9.17) is 9.47 Å². The Morgan fingerprint density at radius 2 is 1.90 bits per heavy atom. The SMILES string of the molecule is COc1cc2c(cc1OC)[C@@]1(C)N(CC2)C(=O)CS1=O. The molecule has 1 fully saturated rings. The fourth-order valence-corrected chi connectivity index (χ4v) is 4.62. The molecule has 2 aliphatic rings. The minimum Gasteiger partial charge on any atom is -0.493 e. The molecule has 0 saturated carbocycles. The standard InChI is InChI=1S/C14H17NO4S/c1-14-10-7-12(19-3)11(18-2)6-9(10)4-5-15(14)13(16)8-20(14)17/h6-7H,4-5,8H2,1-3H3/t14-,20?/m0/s1. The van der Waals surface area contributed by atoms with Crippen LogP contribution in [0.1, 0.15) is 18.1 Å². The number of ether oxygens (including phenoxy) is 2. The minimum absolute atomic E-state index is 0.0359. The predicted molar refractivity (Wildman–Crippen MR) is 75.3 cm³/mol. The first kappa shape index (κ1) is 13.4. The van der Waals surface area contributed by atoms with Gasteiger partial charge in [-0.3, -0.25) is 9.00 Å². The Hall–Kier alpha value is -1.56. The monoisotopic (exact) mass is 295 g/mol. The summed E-state index contributed by atoms with van der Waals surface area (Å²) in [4.78, 5) is 13.0. The summed E-state index contributed by atoms with van der Waals surface area (Å²) in [6.45, 7) is 2.47. The topological polar surface area (TPSA) is 55.8 Å². The average Bonchev–Trinajstić information content (AvgIpc) is 2.68. The van der Waals surface area contributed by atoms with Gasteiger partial charge in [0.25, 0.3) is 0 Å². The Kier molecular flexibility index (Phi) is 3.01. The molecule has 1 saturated heterocycles. The maximum atomic E-state index is 12.4. The molecule has 0 aliphatic carbocycles. The van der Waals surface area contributed by atoms with Crippen molar-refractivity contribution in [2.24, 2.45) is 0 Å². The van der Waals surface area contributed by atoms with Gasteiger partial charge in [0.1, 0.15) is 10.6 Å². The molecule has 1 aromatic rings. The smallest absolute Gasteiger partial charge is 0.236 e. The van der Waals surface area contributed by atoms with Gasteiger partial charge in [-0.1, -0.05) is 0 Å². The number of hydrogen-bond donors (Lipinski definition) is 0. The third-order valence-electron chi connectivity index (χ3n) is 4.23. The first-order valence-corrected chi connectivity index (χ1v) is 7.78. The maximum absolute atomic E-state index is 12.4. The van der Waals surface area contributed by atoms with Crippen LogP contribution in [0.3, 0.4) is 0 Å². The van der Waals surface area contributed by atoms with Crippen LogP contribution in [0.15, 0.2) is 12.1 Å². The molecule has 0 bridgehead atoms. The number of benzene rings is 1. The Balaban J connectivity index is 2.21. The van der Waals surface area contributed by atoms with E-state index in [1.54, 1.807) is 19.1 Å². The predicted octanol–water partition coefficient (Wildman–Crippen LogP) is 1.02. The van der Waals surface area contributed by atoms with Crippen molar-refractivity contribution >= 4 is 16.7 Å². The number of carbonyl (C=O) groups excluding carboxylic acids is 1. The van der Waals surface area contributed by atoms with Crippen molar-refractivity contribution < 1.29 is 18.5 Å². The van der Waals surface area contributed by atoms with Crippen LogP contribution in [-0.2, 0) is 26.9 Å². The third-order valence-corrected chi connectivity index (χ3v) is 6.06. The van der Waals surface area contributed by atoms with Crippen LogP contribution in [0.25, 0.3) is 0 Å². The molecule has 0 spiro atoms. The quantitative estimate of drug-likeness (QED) is 0.817. The first-order valence-electron chi connectivity index (χ1n) is 6.46. The van der Waals surface area contributed by atoms with Crippen LogP contribution in [0.4, 0.5) is 0 Å². The molecule has 108 valence electrons. The van der Waals surface area contributed by atoms with E-state index in [0.29, 0.717) is 18.0 Å². The summed E-state index contributed by atoms with van der Waals surface area (Å²) >= 11 is 0. The highest BCUT2D eigenvalue weighted by Crippen LogP contribution is 2.45. The highest BCUT2D eigenvalue weighted by molar-refractivity contribution is 7.87. The Morgan fingerprint density at radius 1 is 1.25 bits per heavy atom. The van der Waals surface area contributed by atoms with Crippen molar-refractivity contribution in [1.29, 1.82) is 0 Å². The fraction of sp³-hybridized carbons (Fsp3) is 0.500. The molecule has 1 amide bonds. The van der Waals surface area contributed by atoms with Crippen LogP contribution in [0, 0.1) is 0 Å². The van der Waals surface area contributed by atoms with E-state index < -0.39 is 15.7 Å². The summed E-state index contributed by atoms with van der Waals surface area (Å²) in [5.41, 5.74) is 1.98. The molecular formula is C14H17NO4S. The highest BCUT2D eigenvalue weighted by Gasteiger charge is 2.52. The molecule has 1 aromatic carbocycles. The number of rotatable bonds is 2. The van der Waals surface area contributed by atoms with Crippen LogP contribution in [-0.4, -0.2) is 41.5 Å². The number of nitrogens with zero attached hydrogens (tertiary/aromatic N) is 1. The number of hydrogen-bond acceptors (Lipinski definition) is 4. The van der Waals surface area contributed by atoms with Crippen molar-refractivity contribution in [1.82, 2.24) is 4.90 Å². The van der Waals surface area contributed by atoms with Gasteiger partial charge in [-0.05, 0) is 36.6 Å². The molecule has 2 atom stereocenters. The van der Waals surface area contributed by atoms with Crippen LogP contribution < -0.4 is 9.47 Å². The van der Waals surface area contributed by atoms with E-state index in [9.17, 15) is 9.00 Å². The second-order valence-electron chi connectivity index (χ2n) is 5.13. The zero-order valence-electron chi connectivity index (χ0n) is 11.8. The molecule has 3 rings (SSSR count). The summed E-state index contributed by atoms with van der Waals surface area (Å²) in [5, 5.41) is 0. The Morgan fingerprint density at radius 3 is 2.55 bits per heavy atom. The molecular weight excluding hydrogens is 278 g/mol. The first-order chi connectivity index (χ1) is 9.52. The molecule has 1 unspecified atom stereocenters. The lowest BCUT2D eigenvalue weighted by Gasteiger charge is -2.40. The molecule has 0 N–H and O–H groups in total. The van der Waals surface area contributed by atoms with Gasteiger partial charge in [0.15, 0.2) is 11.5 Å². The van der Waals surface area contributed by atoms with E-state index in [1.165, 1.54) is 0 Å². The summed E-state index contributed by atoms with van der Waals surface area (Å²) in [6.07, 6.45) is 0.744. The van der Waals surface area contributed by atoms with Gasteiger partial charge in [-0.2, -0.15) is 0 Å². The van der Waals surface area contributed by atoms with E-state index in [0.717, 1.165) is 17.5 Å². The van der Waals surface area contributed by atoms with Crippen molar-refractivity contribution in [2.75, 3.05) is 26.5 Å². The lowest BCUT2D eigenvalue weighted by Crippen LogP contribution is -2.47. The average molecular weight is 295 g/mol. The summed E-state index contributed by atoms with van der Waals surface area (Å²) in [7, 11) is 1.93. The van der Waals surface area contributed by atoms with E-state index in [-0.39, 0.29) is 11.7 Å². The van der Waals surface area contributed by atoms with Gasteiger partial charge >= 0.3 is 0 Å². The lowest BCUT2D eigenvalue weighted by molar-refractivity contribution is -0.130. The largest absolute Gasteiger partial charge is 0.493 e. The lowest BCUT2D eigenvalue weighted by atomic mass is 9.92. The molecule has 0 aromatic heterocycles. The van der Waals surface area contributed by atoms with E-state index >= 15 is 0 Å². The normalized spacial score (nSPS) is 28.1. The summed E-state index contributed by atoms with van der Waals surface area (Å²) in [5.74, 6) is 1.33. The van der Waals surface area contributed by atoms with Crippen LogP contribution in [0.5, 0.6) is 11.5 Å². The number of methoxy groups -OCH3 is 2. The maximum Gasteiger partial charge on any atom is 0.236 e. The second-order valence-corrected chi connectivity index (χ2v) is 6.91. The van der Waals surface area contributed by atoms with Crippen LogP contribution in [0.2, 0.25) is 0 Å². The number of amides is 1. The van der Waals surface area contributed by atoms with Crippen LogP contribution >= 0.6 is 0 Å². The van der Waals surface area contributed by atoms with Crippen molar-refractivity contribution in [3.63, 3.8) is 0 Å². The molecule has 6 heteroatoms. The molecule has 0 radical (unpaired) electrons. The van der Waals surface area contributed by atoms with Crippen molar-refractivity contribution in [3.05, 3.63) is 23.3 Å². The van der Waals surface area contributed by atoms with Gasteiger partial charge < -0.3 is 14.4 Å². The molecule has 5 nitrogen and oxygen atoms in total. The zero-order chi connectivity index (χ0) is 14.5. The molecule has 20 heavy (non-hydrogen) atoms.